The first-order valence-electron chi connectivity index (χ1n) is 27.7. The van der Waals surface area contributed by atoms with E-state index in [2.05, 4.69) is 34.6 Å². The average molecular weight is 1100 g/mol. The van der Waals surface area contributed by atoms with E-state index in [1.165, 1.54) is 0 Å². The molecule has 0 spiro atoms. The van der Waals surface area contributed by atoms with Crippen molar-refractivity contribution in [2.24, 2.45) is 45.3 Å². The third-order valence-electron chi connectivity index (χ3n) is 20.8. The summed E-state index contributed by atoms with van der Waals surface area (Å²) in [6, 6.07) is 0. The van der Waals surface area contributed by atoms with E-state index in [9.17, 15) is 76.6 Å². The lowest BCUT2D eigenvalue weighted by Gasteiger charge is -2.71. The Labute approximate surface area is 444 Å². The molecule has 0 aromatic heterocycles. The standard InChI is InChI=1S/C53H92O23/c1-48(2,68)13-9-14-53(8,76-46-42(67)38(63)36(61)28(73-46)22-70-44-40(65)33(58)25(57)21-69-44)23-10-16-52(7)32(23)24(56)18-30-50(5)15-12-31(49(3,4)29(50)11-17-51(30,52)6)74-47-43(39(64)35(60)27(20-55)72-47)75-45-41(66)37(62)34(59)26(19-54)71-45/h23-47,54-68H,9-22H2,1-8H3/t23-,24+,25-,26+,27+,28+,29-,30+,31-,32-,33-,34+,35+,36+,37-,38-,39-,40+,41+,42+,43+,44-,45-,46-,47-,50-,51+,52+,53-/m0/s1. The lowest BCUT2D eigenvalue weighted by molar-refractivity contribution is -0.378. The molecular weight excluding hydrogens is 1000 g/mol. The highest BCUT2D eigenvalue weighted by atomic mass is 16.8. The highest BCUT2D eigenvalue weighted by Gasteiger charge is 2.72. The Balaban J connectivity index is 1.01. The van der Waals surface area contributed by atoms with Gasteiger partial charge in [-0.05, 0) is 130 Å². The molecule has 76 heavy (non-hydrogen) atoms. The molecule has 8 fully saturated rings. The summed E-state index contributed by atoms with van der Waals surface area (Å²) in [7, 11) is 0. The van der Waals surface area contributed by atoms with Crippen molar-refractivity contribution in [3.8, 4) is 0 Å². The van der Waals surface area contributed by atoms with Crippen molar-refractivity contribution in [1.29, 1.82) is 0 Å². The minimum Gasteiger partial charge on any atom is -0.394 e. The van der Waals surface area contributed by atoms with Gasteiger partial charge >= 0.3 is 0 Å². The average Bonchev–Trinajstić information content (AvgIpc) is 3.74. The minimum atomic E-state index is -1.82. The van der Waals surface area contributed by atoms with Crippen LogP contribution in [0.2, 0.25) is 0 Å². The van der Waals surface area contributed by atoms with Crippen LogP contribution in [0.25, 0.3) is 0 Å². The summed E-state index contributed by atoms with van der Waals surface area (Å²) in [4.78, 5) is 0. The number of ether oxygens (including phenoxy) is 8. The molecule has 4 heterocycles. The zero-order chi connectivity index (χ0) is 56.0. The summed E-state index contributed by atoms with van der Waals surface area (Å²) in [5.74, 6) is -0.558. The van der Waals surface area contributed by atoms with Crippen LogP contribution in [-0.2, 0) is 37.9 Å². The van der Waals surface area contributed by atoms with Crippen LogP contribution < -0.4 is 0 Å². The summed E-state index contributed by atoms with van der Waals surface area (Å²) in [6.45, 7) is 14.4. The van der Waals surface area contributed by atoms with Gasteiger partial charge < -0.3 is 114 Å². The fraction of sp³-hybridized carbons (Fsp3) is 1.00. The van der Waals surface area contributed by atoms with Crippen LogP contribution in [0.3, 0.4) is 0 Å². The molecule has 0 unspecified atom stereocenters. The second kappa shape index (κ2) is 22.7. The van der Waals surface area contributed by atoms with Gasteiger partial charge in [-0.3, -0.25) is 0 Å². The van der Waals surface area contributed by atoms with Crippen LogP contribution >= 0.6 is 0 Å². The molecule has 15 N–H and O–H groups in total. The Morgan fingerprint density at radius 2 is 1.11 bits per heavy atom. The lowest BCUT2D eigenvalue weighted by atomic mass is 9.35. The number of aliphatic hydroxyl groups is 15. The molecule has 4 saturated heterocycles. The van der Waals surface area contributed by atoms with E-state index in [1.807, 2.05) is 6.92 Å². The Kier molecular flexibility index (Phi) is 18.2. The predicted octanol–water partition coefficient (Wildman–Crippen LogP) is -2.37. The summed E-state index contributed by atoms with van der Waals surface area (Å²) in [5, 5.41) is 162. The van der Waals surface area contributed by atoms with Crippen molar-refractivity contribution in [3.63, 3.8) is 0 Å². The van der Waals surface area contributed by atoms with Crippen molar-refractivity contribution in [3.05, 3.63) is 0 Å². The molecule has 23 heteroatoms. The van der Waals surface area contributed by atoms with Crippen molar-refractivity contribution in [1.82, 2.24) is 0 Å². The fourth-order valence-electron chi connectivity index (χ4n) is 16.2. The zero-order valence-corrected chi connectivity index (χ0v) is 45.3. The zero-order valence-electron chi connectivity index (χ0n) is 45.3. The highest BCUT2D eigenvalue weighted by molar-refractivity contribution is 5.20. The maximum Gasteiger partial charge on any atom is 0.187 e. The number of aliphatic hydroxyl groups excluding tert-OH is 14. The molecule has 0 bridgehead atoms. The first-order valence-corrected chi connectivity index (χ1v) is 27.7. The maximum absolute atomic E-state index is 12.8. The first-order chi connectivity index (χ1) is 35.4. The largest absolute Gasteiger partial charge is 0.394 e. The molecule has 8 aliphatic rings. The molecule has 23 nitrogen and oxygen atoms in total. The molecule has 0 aromatic rings. The molecule has 442 valence electrons. The third-order valence-corrected chi connectivity index (χ3v) is 20.8. The van der Waals surface area contributed by atoms with E-state index >= 15 is 0 Å². The number of hydrogen-bond acceptors (Lipinski definition) is 23. The summed E-state index contributed by atoms with van der Waals surface area (Å²) < 4.78 is 48.7. The molecule has 4 saturated carbocycles. The van der Waals surface area contributed by atoms with Crippen molar-refractivity contribution in [2.45, 2.75) is 260 Å². The SMILES string of the molecule is CC(C)(O)CCC[C@](C)(O[C@@H]1O[C@H](CO[C@@H]2OC[C@H](O)[C@H](O)[C@H]2O)[C@@H](O)[C@H](O)[C@H]1O)[C@H]1CC[C@]2(C)[C@@H]1[C@H](O)C[C@@H]1[C@@]3(C)CC[C@H](O[C@@H]4O[C@H](CO)[C@@H](O)[C@H](O)[C@H]4O[C@@H]4O[C@H](CO)[C@@H](O)[C@H](O)[C@H]4O)C(C)(C)[C@@H]3CC[C@]12C. The van der Waals surface area contributed by atoms with Gasteiger partial charge in [-0.2, -0.15) is 0 Å². The van der Waals surface area contributed by atoms with Crippen LogP contribution in [0.15, 0.2) is 0 Å². The molecule has 4 aliphatic carbocycles. The second-order valence-corrected chi connectivity index (χ2v) is 26.1. The van der Waals surface area contributed by atoms with Crippen molar-refractivity contribution < 1.29 is 114 Å². The summed E-state index contributed by atoms with van der Waals surface area (Å²) in [5.41, 5.74) is -3.79. The Hall–Kier alpha value is -0.920. The fourth-order valence-corrected chi connectivity index (χ4v) is 16.2. The van der Waals surface area contributed by atoms with Gasteiger partial charge in [0.15, 0.2) is 25.2 Å². The van der Waals surface area contributed by atoms with Gasteiger partial charge in [0.25, 0.3) is 0 Å². The van der Waals surface area contributed by atoms with Gasteiger partial charge in [-0.1, -0.05) is 34.6 Å². The second-order valence-electron chi connectivity index (χ2n) is 26.1. The van der Waals surface area contributed by atoms with E-state index in [4.69, 9.17) is 37.9 Å². The van der Waals surface area contributed by atoms with E-state index in [0.717, 1.165) is 19.3 Å². The molecule has 8 rings (SSSR count). The minimum absolute atomic E-state index is 0.0252. The molecule has 29 atom stereocenters. The van der Waals surface area contributed by atoms with Gasteiger partial charge in [0, 0.05) is 0 Å². The first kappa shape index (κ1) is 61.2. The van der Waals surface area contributed by atoms with Crippen LogP contribution in [0.5, 0.6) is 0 Å². The van der Waals surface area contributed by atoms with E-state index in [-0.39, 0.29) is 41.1 Å². The predicted molar refractivity (Wildman–Crippen MR) is 262 cm³/mol. The smallest absolute Gasteiger partial charge is 0.187 e. The lowest BCUT2D eigenvalue weighted by Crippen LogP contribution is -2.68. The Bertz CT molecular complexity index is 1930. The normalized spacial score (nSPS) is 52.5. The number of hydrogen-bond donors (Lipinski definition) is 15. The van der Waals surface area contributed by atoms with Gasteiger partial charge in [0.2, 0.25) is 0 Å². The molecule has 0 aromatic carbocycles. The number of fused-ring (bicyclic) bond motifs is 5. The van der Waals surface area contributed by atoms with Gasteiger partial charge in [-0.25, -0.2) is 0 Å². The maximum atomic E-state index is 12.8. The highest BCUT2D eigenvalue weighted by Crippen LogP contribution is 2.76. The van der Waals surface area contributed by atoms with Crippen LogP contribution in [0.1, 0.15) is 120 Å². The van der Waals surface area contributed by atoms with Crippen LogP contribution in [0, 0.1) is 45.3 Å². The van der Waals surface area contributed by atoms with Crippen molar-refractivity contribution in [2.75, 3.05) is 26.4 Å². The monoisotopic (exact) mass is 1100 g/mol. The molecule has 4 aliphatic heterocycles. The summed E-state index contributed by atoms with van der Waals surface area (Å²) in [6.07, 6.45) is -25.1. The van der Waals surface area contributed by atoms with Gasteiger partial charge in [0.1, 0.15) is 91.6 Å². The van der Waals surface area contributed by atoms with Gasteiger partial charge in [-0.15, -0.1) is 0 Å². The number of rotatable bonds is 16. The van der Waals surface area contributed by atoms with E-state index in [0.29, 0.717) is 44.9 Å². The van der Waals surface area contributed by atoms with Crippen LogP contribution in [0.4, 0.5) is 0 Å². The van der Waals surface area contributed by atoms with Crippen LogP contribution in [-0.4, -0.2) is 243 Å². The van der Waals surface area contributed by atoms with Gasteiger partial charge in [0.05, 0.1) is 49.8 Å². The quantitative estimate of drug-likeness (QED) is 0.0719. The topological polar surface area (TPSA) is 377 Å². The van der Waals surface area contributed by atoms with E-state index in [1.54, 1.807) is 13.8 Å². The molecular formula is C53H92O23. The Morgan fingerprint density at radius 1 is 0.539 bits per heavy atom. The third kappa shape index (κ3) is 10.8. The van der Waals surface area contributed by atoms with Crippen molar-refractivity contribution >= 4 is 0 Å². The Morgan fingerprint density at radius 3 is 1.74 bits per heavy atom. The van der Waals surface area contributed by atoms with E-state index < -0.39 is 171 Å². The molecule has 0 amide bonds. The molecule has 0 radical (unpaired) electrons. The summed E-state index contributed by atoms with van der Waals surface area (Å²) >= 11 is 0.